The van der Waals surface area contributed by atoms with Crippen LogP contribution in [-0.2, 0) is 11.3 Å². The molecule has 20 heavy (non-hydrogen) atoms. The van der Waals surface area contributed by atoms with Gasteiger partial charge in [0.05, 0.1) is 18.8 Å². The minimum atomic E-state index is -0.187. The molecule has 0 bridgehead atoms. The second-order valence-corrected chi connectivity index (χ2v) is 5.39. The minimum Gasteiger partial charge on any atom is -0.467 e. The summed E-state index contributed by atoms with van der Waals surface area (Å²) in [6.07, 6.45) is 5.72. The highest BCUT2D eigenvalue weighted by Gasteiger charge is 2.38. The SMILES string of the molecule is O=C1CN(C(=O)NCc2ccco2)[C@H]2CCCC[C@@H]2N1. The van der Waals surface area contributed by atoms with Gasteiger partial charge in [-0.25, -0.2) is 4.79 Å². The first-order chi connectivity index (χ1) is 9.74. The maximum Gasteiger partial charge on any atom is 0.318 e. The number of nitrogens with one attached hydrogen (secondary N) is 2. The number of urea groups is 1. The number of amides is 3. The van der Waals surface area contributed by atoms with E-state index >= 15 is 0 Å². The lowest BCUT2D eigenvalue weighted by Gasteiger charge is -2.43. The van der Waals surface area contributed by atoms with Crippen LogP contribution in [0.1, 0.15) is 31.4 Å². The summed E-state index contributed by atoms with van der Waals surface area (Å²) < 4.78 is 5.19. The predicted molar refractivity (Wildman–Crippen MR) is 71.8 cm³/mol. The Morgan fingerprint density at radius 3 is 3.10 bits per heavy atom. The Morgan fingerprint density at radius 1 is 1.45 bits per heavy atom. The van der Waals surface area contributed by atoms with E-state index in [-0.39, 0.29) is 30.6 Å². The third kappa shape index (κ3) is 2.64. The number of carbonyl (C=O) groups is 2. The molecule has 1 aromatic rings. The van der Waals surface area contributed by atoms with Crippen LogP contribution in [0.5, 0.6) is 0 Å². The lowest BCUT2D eigenvalue weighted by Crippen LogP contribution is -2.64. The average molecular weight is 277 g/mol. The van der Waals surface area contributed by atoms with Gasteiger partial charge >= 0.3 is 6.03 Å². The molecule has 1 aliphatic carbocycles. The maximum atomic E-state index is 12.3. The number of rotatable bonds is 2. The fourth-order valence-corrected chi connectivity index (χ4v) is 3.08. The Hall–Kier alpha value is -1.98. The van der Waals surface area contributed by atoms with Crippen molar-refractivity contribution in [1.29, 1.82) is 0 Å². The normalized spacial score (nSPS) is 25.8. The molecule has 1 aromatic heterocycles. The van der Waals surface area contributed by atoms with Gasteiger partial charge in [-0.15, -0.1) is 0 Å². The first-order valence-corrected chi connectivity index (χ1v) is 7.10. The molecule has 2 N–H and O–H groups in total. The molecule has 6 nitrogen and oxygen atoms in total. The number of carbonyl (C=O) groups excluding carboxylic acids is 2. The van der Waals surface area contributed by atoms with Crippen LogP contribution in [0.4, 0.5) is 4.79 Å². The predicted octanol–water partition coefficient (Wildman–Crippen LogP) is 1.23. The van der Waals surface area contributed by atoms with Crippen LogP contribution in [0.2, 0.25) is 0 Å². The second kappa shape index (κ2) is 5.56. The Morgan fingerprint density at radius 2 is 2.30 bits per heavy atom. The van der Waals surface area contributed by atoms with Gasteiger partial charge in [0.15, 0.2) is 0 Å². The van der Waals surface area contributed by atoms with E-state index < -0.39 is 0 Å². The zero-order chi connectivity index (χ0) is 13.9. The van der Waals surface area contributed by atoms with E-state index in [1.165, 1.54) is 0 Å². The van der Waals surface area contributed by atoms with Gasteiger partial charge in [-0.3, -0.25) is 4.79 Å². The molecule has 2 aliphatic rings. The molecular weight excluding hydrogens is 258 g/mol. The molecular formula is C14H19N3O3. The Kier molecular flexibility index (Phi) is 3.62. The van der Waals surface area contributed by atoms with Gasteiger partial charge in [-0.2, -0.15) is 0 Å². The molecule has 0 unspecified atom stereocenters. The highest BCUT2D eigenvalue weighted by molar-refractivity contribution is 5.86. The van der Waals surface area contributed by atoms with Crippen LogP contribution in [0.15, 0.2) is 22.8 Å². The third-order valence-corrected chi connectivity index (χ3v) is 4.04. The molecule has 3 amide bonds. The van der Waals surface area contributed by atoms with E-state index in [0.29, 0.717) is 12.3 Å². The summed E-state index contributed by atoms with van der Waals surface area (Å²) in [4.78, 5) is 25.7. The number of piperazine rings is 1. The van der Waals surface area contributed by atoms with Crippen LogP contribution in [-0.4, -0.2) is 35.5 Å². The molecule has 1 aliphatic heterocycles. The molecule has 0 spiro atoms. The van der Waals surface area contributed by atoms with E-state index in [2.05, 4.69) is 10.6 Å². The number of hydrogen-bond acceptors (Lipinski definition) is 3. The second-order valence-electron chi connectivity index (χ2n) is 5.39. The molecule has 2 atom stereocenters. The number of furan rings is 1. The molecule has 2 fully saturated rings. The highest BCUT2D eigenvalue weighted by atomic mass is 16.3. The summed E-state index contributed by atoms with van der Waals surface area (Å²) >= 11 is 0. The van der Waals surface area contributed by atoms with Crippen LogP contribution in [0.3, 0.4) is 0 Å². The van der Waals surface area contributed by atoms with E-state index in [1.54, 1.807) is 17.2 Å². The summed E-state index contributed by atoms with van der Waals surface area (Å²) in [5.41, 5.74) is 0. The van der Waals surface area contributed by atoms with Crippen LogP contribution in [0, 0.1) is 0 Å². The lowest BCUT2D eigenvalue weighted by molar-refractivity contribution is -0.126. The standard InChI is InChI=1S/C14H19N3O3/c18-13-9-17(12-6-2-1-5-11(12)16-13)14(19)15-8-10-4-3-7-20-10/h3-4,7,11-12H,1-2,5-6,8-9H2,(H,15,19)(H,16,18)/t11-,12-/m0/s1. The summed E-state index contributed by atoms with van der Waals surface area (Å²) in [7, 11) is 0. The van der Waals surface area contributed by atoms with E-state index in [4.69, 9.17) is 4.42 Å². The van der Waals surface area contributed by atoms with Crippen LogP contribution < -0.4 is 10.6 Å². The summed E-state index contributed by atoms with van der Waals surface area (Å²) in [5.74, 6) is 0.640. The number of hydrogen-bond donors (Lipinski definition) is 2. The third-order valence-electron chi connectivity index (χ3n) is 4.04. The highest BCUT2D eigenvalue weighted by Crippen LogP contribution is 2.25. The van der Waals surface area contributed by atoms with Crippen molar-refractivity contribution in [2.75, 3.05) is 6.54 Å². The molecule has 6 heteroatoms. The van der Waals surface area contributed by atoms with Crippen molar-refractivity contribution in [3.63, 3.8) is 0 Å². The average Bonchev–Trinajstić information content (AvgIpc) is 2.97. The van der Waals surface area contributed by atoms with Crippen LogP contribution >= 0.6 is 0 Å². The lowest BCUT2D eigenvalue weighted by atomic mass is 9.87. The molecule has 1 saturated carbocycles. The van der Waals surface area contributed by atoms with Gasteiger partial charge in [0.2, 0.25) is 5.91 Å². The zero-order valence-electron chi connectivity index (χ0n) is 11.3. The topological polar surface area (TPSA) is 74.6 Å². The molecule has 2 heterocycles. The van der Waals surface area contributed by atoms with Gasteiger partial charge < -0.3 is 20.0 Å². The monoisotopic (exact) mass is 277 g/mol. The van der Waals surface area contributed by atoms with Crippen molar-refractivity contribution < 1.29 is 14.0 Å². The van der Waals surface area contributed by atoms with Crippen molar-refractivity contribution in [2.24, 2.45) is 0 Å². The van der Waals surface area contributed by atoms with Crippen molar-refractivity contribution >= 4 is 11.9 Å². The summed E-state index contributed by atoms with van der Waals surface area (Å²) in [6, 6.07) is 3.64. The molecule has 0 aromatic carbocycles. The van der Waals surface area contributed by atoms with Gasteiger partial charge in [0.1, 0.15) is 12.3 Å². The maximum absolute atomic E-state index is 12.3. The van der Waals surface area contributed by atoms with Gasteiger partial charge in [-0.05, 0) is 25.0 Å². The molecule has 1 saturated heterocycles. The van der Waals surface area contributed by atoms with E-state index in [9.17, 15) is 9.59 Å². The first-order valence-electron chi connectivity index (χ1n) is 7.10. The Labute approximate surface area is 117 Å². The fraction of sp³-hybridized carbons (Fsp3) is 0.571. The summed E-state index contributed by atoms with van der Waals surface area (Å²) in [6.45, 7) is 0.493. The molecule has 0 radical (unpaired) electrons. The molecule has 3 rings (SSSR count). The first kappa shape index (κ1) is 13.0. The van der Waals surface area contributed by atoms with Gasteiger partial charge in [0, 0.05) is 6.04 Å². The quantitative estimate of drug-likeness (QED) is 0.854. The van der Waals surface area contributed by atoms with Crippen molar-refractivity contribution in [3.05, 3.63) is 24.2 Å². The minimum absolute atomic E-state index is 0.0682. The van der Waals surface area contributed by atoms with Crippen LogP contribution in [0.25, 0.3) is 0 Å². The zero-order valence-corrected chi connectivity index (χ0v) is 11.3. The van der Waals surface area contributed by atoms with Gasteiger partial charge in [0.25, 0.3) is 0 Å². The summed E-state index contributed by atoms with van der Waals surface area (Å²) in [5, 5.41) is 5.82. The number of fused-ring (bicyclic) bond motifs is 1. The van der Waals surface area contributed by atoms with Crippen molar-refractivity contribution in [2.45, 2.75) is 44.3 Å². The fourth-order valence-electron chi connectivity index (χ4n) is 3.08. The largest absolute Gasteiger partial charge is 0.467 e. The van der Waals surface area contributed by atoms with Crippen molar-refractivity contribution in [3.8, 4) is 0 Å². The Balaban J connectivity index is 1.63. The molecule has 108 valence electrons. The smallest absolute Gasteiger partial charge is 0.318 e. The van der Waals surface area contributed by atoms with E-state index in [0.717, 1.165) is 25.7 Å². The number of nitrogens with zero attached hydrogens (tertiary/aromatic N) is 1. The van der Waals surface area contributed by atoms with E-state index in [1.807, 2.05) is 6.07 Å². The van der Waals surface area contributed by atoms with Crippen molar-refractivity contribution in [1.82, 2.24) is 15.5 Å². The Bertz CT molecular complexity index is 486. The van der Waals surface area contributed by atoms with Gasteiger partial charge in [-0.1, -0.05) is 12.8 Å².